The van der Waals surface area contributed by atoms with Crippen LogP contribution in [0.1, 0.15) is 94.9 Å². The highest BCUT2D eigenvalue weighted by atomic mass is 16.7. The smallest absolute Gasteiger partial charge is 0.311 e. The molecule has 314 valence electrons. The first-order chi connectivity index (χ1) is 24.9. The first kappa shape index (κ1) is 46.7. The van der Waals surface area contributed by atoms with E-state index < -0.39 is 95.8 Å². The monoisotopic (exact) mass is 774 g/mol. The molecule has 4 N–H and O–H groups in total. The van der Waals surface area contributed by atoms with Gasteiger partial charge in [0.2, 0.25) is 0 Å². The number of methoxy groups -OCH3 is 1. The van der Waals surface area contributed by atoms with Gasteiger partial charge in [0.05, 0.1) is 53.7 Å². The van der Waals surface area contributed by atoms with E-state index in [0.717, 1.165) is 0 Å². The maximum atomic E-state index is 14.3. The second-order valence-corrected chi connectivity index (χ2v) is 17.4. The molecule has 0 aromatic rings. The normalized spacial score (nSPS) is 48.0. The van der Waals surface area contributed by atoms with Gasteiger partial charge in [-0.05, 0) is 100 Å². The molecule has 0 aromatic heterocycles. The quantitative estimate of drug-likeness (QED) is 0.121. The first-order valence-electron chi connectivity index (χ1n) is 19.5. The standard InChI is InChI=1S/C38H71N5O11/c1-15-27-38(10,48)32(45)20(2)19-43(13)21(3)17-36(8,47)33(54-35-29(44)26(42(11)12)16-22(4)50-35)23(5)30(24(6)34(46)52-27)53-28-18-37(9,49-14)31(40-41-39)25(7)51-28/h20-33,35,44-45,47-48H,15-19H2,1-14H3/t20-,21+,22+,23-,24+,25-,26?,27+,28?,29?,30?,31?,32?,33?,35?,36?,37?,38?/m0/s1. The van der Waals surface area contributed by atoms with Crippen molar-refractivity contribution in [1.29, 1.82) is 0 Å². The van der Waals surface area contributed by atoms with Crippen LogP contribution < -0.4 is 0 Å². The molecule has 0 spiro atoms. The predicted molar refractivity (Wildman–Crippen MR) is 201 cm³/mol. The van der Waals surface area contributed by atoms with Gasteiger partial charge in [-0.25, -0.2) is 0 Å². The van der Waals surface area contributed by atoms with Crippen LogP contribution in [0.25, 0.3) is 10.4 Å². The van der Waals surface area contributed by atoms with Crippen LogP contribution in [0.4, 0.5) is 0 Å². The van der Waals surface area contributed by atoms with Gasteiger partial charge in [-0.15, -0.1) is 0 Å². The minimum absolute atomic E-state index is 0.134. The Hall–Kier alpha value is -1.66. The van der Waals surface area contributed by atoms with Crippen molar-refractivity contribution < 1.29 is 53.6 Å². The minimum Gasteiger partial charge on any atom is -0.459 e. The van der Waals surface area contributed by atoms with Crippen molar-refractivity contribution in [3.63, 3.8) is 0 Å². The number of nitrogens with zero attached hydrogens (tertiary/aromatic N) is 5. The van der Waals surface area contributed by atoms with Gasteiger partial charge in [-0.2, -0.15) is 0 Å². The lowest BCUT2D eigenvalue weighted by atomic mass is 9.78. The molecule has 0 aromatic carbocycles. The fourth-order valence-corrected chi connectivity index (χ4v) is 8.91. The molecule has 3 aliphatic heterocycles. The zero-order valence-electron chi connectivity index (χ0n) is 35.1. The molecule has 16 heteroatoms. The van der Waals surface area contributed by atoms with Gasteiger partial charge in [0.15, 0.2) is 12.6 Å². The van der Waals surface area contributed by atoms with Crippen molar-refractivity contribution in [2.75, 3.05) is 34.8 Å². The van der Waals surface area contributed by atoms with E-state index in [1.165, 1.54) is 14.0 Å². The number of hydrogen-bond acceptors (Lipinski definition) is 14. The Kier molecular flexibility index (Phi) is 16.2. The summed E-state index contributed by atoms with van der Waals surface area (Å²) in [6, 6.07) is -1.21. The van der Waals surface area contributed by atoms with E-state index in [1.807, 2.05) is 58.6 Å². The third-order valence-electron chi connectivity index (χ3n) is 12.4. The Balaban J connectivity index is 2.20. The third kappa shape index (κ3) is 10.4. The first-order valence-corrected chi connectivity index (χ1v) is 19.5. The molecule has 3 saturated heterocycles. The fraction of sp³-hybridized carbons (Fsp3) is 0.974. The molecule has 0 radical (unpaired) electrons. The van der Waals surface area contributed by atoms with Crippen molar-refractivity contribution in [1.82, 2.24) is 9.80 Å². The molecule has 0 amide bonds. The molecule has 11 unspecified atom stereocenters. The second-order valence-electron chi connectivity index (χ2n) is 17.4. The number of carbonyl (C=O) groups is 1. The van der Waals surface area contributed by atoms with E-state index in [1.54, 1.807) is 34.6 Å². The van der Waals surface area contributed by atoms with Gasteiger partial charge in [0, 0.05) is 43.0 Å². The Morgan fingerprint density at radius 2 is 1.67 bits per heavy atom. The topological polar surface area (TPSA) is 209 Å². The number of ether oxygens (including phenoxy) is 6. The maximum absolute atomic E-state index is 14.3. The summed E-state index contributed by atoms with van der Waals surface area (Å²) < 4.78 is 37.9. The van der Waals surface area contributed by atoms with E-state index in [2.05, 4.69) is 10.0 Å². The highest BCUT2D eigenvalue weighted by Gasteiger charge is 2.52. The molecule has 3 fully saturated rings. The van der Waals surface area contributed by atoms with Gasteiger partial charge in [0.1, 0.15) is 17.8 Å². The summed E-state index contributed by atoms with van der Waals surface area (Å²) in [4.78, 5) is 21.2. The zero-order chi connectivity index (χ0) is 41.1. The highest BCUT2D eigenvalue weighted by Crippen LogP contribution is 2.40. The third-order valence-corrected chi connectivity index (χ3v) is 12.4. The minimum atomic E-state index is -1.79. The molecule has 3 aliphatic rings. The predicted octanol–water partition coefficient (Wildman–Crippen LogP) is 3.22. The number of azide groups is 1. The van der Waals surface area contributed by atoms with Crippen LogP contribution in [0.15, 0.2) is 5.11 Å². The van der Waals surface area contributed by atoms with Crippen LogP contribution in [-0.4, -0.2) is 161 Å². The average molecular weight is 774 g/mol. The largest absolute Gasteiger partial charge is 0.459 e. The molecule has 18 atom stereocenters. The van der Waals surface area contributed by atoms with Gasteiger partial charge < -0.3 is 58.6 Å². The van der Waals surface area contributed by atoms with E-state index in [-0.39, 0.29) is 37.5 Å². The maximum Gasteiger partial charge on any atom is 0.311 e. The Bertz CT molecular complexity index is 1270. The van der Waals surface area contributed by atoms with Gasteiger partial charge in [-0.1, -0.05) is 25.9 Å². The molecular formula is C38H71N5O11. The number of hydrogen-bond donors (Lipinski definition) is 4. The molecule has 3 rings (SSSR count). The van der Waals surface area contributed by atoms with Gasteiger partial charge in [-0.3, -0.25) is 4.79 Å². The molecule has 3 heterocycles. The van der Waals surface area contributed by atoms with Crippen molar-refractivity contribution in [2.45, 2.75) is 185 Å². The van der Waals surface area contributed by atoms with Crippen molar-refractivity contribution in [2.24, 2.45) is 22.9 Å². The lowest BCUT2D eigenvalue weighted by molar-refractivity contribution is -0.311. The lowest BCUT2D eigenvalue weighted by Gasteiger charge is -2.49. The summed E-state index contributed by atoms with van der Waals surface area (Å²) in [7, 11) is 7.16. The Labute approximate surface area is 322 Å². The molecule has 54 heavy (non-hydrogen) atoms. The van der Waals surface area contributed by atoms with E-state index in [0.29, 0.717) is 13.0 Å². The van der Waals surface area contributed by atoms with Crippen LogP contribution in [0.5, 0.6) is 0 Å². The van der Waals surface area contributed by atoms with Crippen molar-refractivity contribution >= 4 is 5.97 Å². The average Bonchev–Trinajstić information content (AvgIpc) is 3.09. The summed E-state index contributed by atoms with van der Waals surface area (Å²) >= 11 is 0. The molecule has 16 nitrogen and oxygen atoms in total. The summed E-state index contributed by atoms with van der Waals surface area (Å²) in [5.74, 6) is -2.94. The molecule has 0 saturated carbocycles. The highest BCUT2D eigenvalue weighted by molar-refractivity contribution is 5.73. The van der Waals surface area contributed by atoms with Crippen LogP contribution in [0.3, 0.4) is 0 Å². The fourth-order valence-electron chi connectivity index (χ4n) is 8.91. The Morgan fingerprint density at radius 3 is 2.22 bits per heavy atom. The number of rotatable bonds is 8. The number of likely N-dealkylation sites (N-methyl/N-ethyl adjacent to an activating group) is 1. The lowest BCUT2D eigenvalue weighted by Crippen LogP contribution is -2.60. The number of carbonyl (C=O) groups excluding carboxylic acids is 1. The van der Waals surface area contributed by atoms with Crippen molar-refractivity contribution in [3.05, 3.63) is 10.4 Å². The van der Waals surface area contributed by atoms with Crippen molar-refractivity contribution in [3.8, 4) is 0 Å². The Morgan fingerprint density at radius 1 is 1.04 bits per heavy atom. The van der Waals surface area contributed by atoms with Crippen LogP contribution >= 0.6 is 0 Å². The van der Waals surface area contributed by atoms with Crippen LogP contribution in [0.2, 0.25) is 0 Å². The van der Waals surface area contributed by atoms with E-state index in [9.17, 15) is 30.8 Å². The summed E-state index contributed by atoms with van der Waals surface area (Å²) in [5, 5.41) is 51.3. The van der Waals surface area contributed by atoms with Crippen LogP contribution in [0, 0.1) is 17.8 Å². The molecule has 0 aliphatic carbocycles. The SMILES string of the molecule is CC[C@H]1OC(=O)[C@H](C)C(OC2CC(C)(OC)C(N=[N+]=[N-])[C@H](C)O2)[C@H](C)C(OC2O[C@H](C)CC(N(C)C)C2O)C(C)(O)C[C@@H](C)N(C)C[C@H](C)C(O)C1(C)O. The molecular weight excluding hydrogens is 702 g/mol. The second kappa shape index (κ2) is 18.7. The molecule has 0 bridgehead atoms. The zero-order valence-corrected chi connectivity index (χ0v) is 35.1. The number of esters is 1. The van der Waals surface area contributed by atoms with Gasteiger partial charge >= 0.3 is 5.97 Å². The summed E-state index contributed by atoms with van der Waals surface area (Å²) in [6.07, 6.45) is -7.37. The van der Waals surface area contributed by atoms with E-state index in [4.69, 9.17) is 28.4 Å². The number of aliphatic hydroxyl groups excluding tert-OH is 2. The summed E-state index contributed by atoms with van der Waals surface area (Å²) in [5.41, 5.74) is 4.92. The summed E-state index contributed by atoms with van der Waals surface area (Å²) in [6.45, 7) is 18.0. The number of aliphatic hydroxyl groups is 4. The number of cyclic esters (lactones) is 1. The van der Waals surface area contributed by atoms with Gasteiger partial charge in [0.25, 0.3) is 0 Å². The van der Waals surface area contributed by atoms with Crippen LogP contribution in [-0.2, 0) is 33.2 Å². The van der Waals surface area contributed by atoms with E-state index >= 15 is 0 Å².